The largest absolute Gasteiger partial charge is 0.457 e. The van der Waals surface area contributed by atoms with E-state index in [2.05, 4.69) is 19.6 Å². The van der Waals surface area contributed by atoms with E-state index in [1.165, 1.54) is 38.5 Å². The Morgan fingerprint density at radius 1 is 1.09 bits per heavy atom. The van der Waals surface area contributed by atoms with Gasteiger partial charge >= 0.3 is 5.97 Å². The summed E-state index contributed by atoms with van der Waals surface area (Å²) < 4.78 is 20.6. The fourth-order valence-corrected chi connectivity index (χ4v) is 5.05. The Labute approximate surface area is 204 Å². The summed E-state index contributed by atoms with van der Waals surface area (Å²) in [6.45, 7) is 7.51. The van der Waals surface area contributed by atoms with Crippen molar-refractivity contribution in [3.8, 4) is 11.1 Å². The lowest BCUT2D eigenvalue weighted by Gasteiger charge is -2.29. The van der Waals surface area contributed by atoms with Crippen molar-refractivity contribution in [2.75, 3.05) is 6.61 Å². The van der Waals surface area contributed by atoms with Gasteiger partial charge in [0.15, 0.2) is 0 Å². The molecule has 0 aliphatic heterocycles. The van der Waals surface area contributed by atoms with Crippen LogP contribution in [-0.4, -0.2) is 17.7 Å². The van der Waals surface area contributed by atoms with Crippen LogP contribution in [0, 0.1) is 11.7 Å². The molecule has 0 atom stereocenters. The van der Waals surface area contributed by atoms with E-state index in [0.717, 1.165) is 41.0 Å². The van der Waals surface area contributed by atoms with Crippen molar-refractivity contribution in [3.63, 3.8) is 0 Å². The van der Waals surface area contributed by atoms with Crippen LogP contribution in [0.3, 0.4) is 0 Å². The molecule has 34 heavy (non-hydrogen) atoms. The van der Waals surface area contributed by atoms with Crippen LogP contribution in [0.4, 0.5) is 4.39 Å². The van der Waals surface area contributed by atoms with Crippen LogP contribution in [0.15, 0.2) is 48.6 Å². The number of aliphatic hydroxyl groups excluding tert-OH is 1. The number of carbonyl (C=O) groups excluding carboxylic acids is 1. The number of hydrogen-bond acceptors (Lipinski definition) is 3. The van der Waals surface area contributed by atoms with Gasteiger partial charge in [0.2, 0.25) is 0 Å². The molecule has 1 aliphatic carbocycles. The summed E-state index contributed by atoms with van der Waals surface area (Å²) in [6, 6.07) is 11.3. The summed E-state index contributed by atoms with van der Waals surface area (Å²) in [5, 5.41) is 9.38. The molecule has 1 fully saturated rings. The number of unbranched alkanes of at least 4 members (excludes halogenated alkanes) is 2. The van der Waals surface area contributed by atoms with E-state index in [0.29, 0.717) is 23.5 Å². The second-order valence-corrected chi connectivity index (χ2v) is 9.77. The summed E-state index contributed by atoms with van der Waals surface area (Å²) in [5.74, 6) is 0.593. The number of rotatable bonds is 11. The van der Waals surface area contributed by atoms with E-state index in [1.807, 2.05) is 24.3 Å². The maximum absolute atomic E-state index is 15.2. The Bertz CT molecular complexity index is 973. The molecule has 3 rings (SSSR count). The quantitative estimate of drug-likeness (QED) is 0.212. The van der Waals surface area contributed by atoms with Crippen molar-refractivity contribution in [1.82, 2.24) is 0 Å². The molecule has 0 heterocycles. The lowest BCUT2D eigenvalue weighted by molar-refractivity contribution is -0.140. The van der Waals surface area contributed by atoms with Gasteiger partial charge in [0.1, 0.15) is 12.4 Å². The van der Waals surface area contributed by atoms with Crippen LogP contribution in [0.5, 0.6) is 0 Å². The summed E-state index contributed by atoms with van der Waals surface area (Å²) >= 11 is 0. The van der Waals surface area contributed by atoms with Crippen molar-refractivity contribution in [2.45, 2.75) is 84.2 Å². The molecule has 0 spiro atoms. The molecule has 1 saturated carbocycles. The van der Waals surface area contributed by atoms with Crippen LogP contribution in [0.25, 0.3) is 11.1 Å². The first-order chi connectivity index (χ1) is 16.4. The minimum atomic E-state index is -0.462. The molecule has 1 aliphatic rings. The zero-order valence-corrected chi connectivity index (χ0v) is 20.7. The standard InChI is InChI=1S/C30H39FO3/c1-4-5-6-7-22-8-10-23(11-9-22)25-14-15-28(29(31)19-25)26-13-12-24(16-17-32)27(18-26)20-34-30(33)21(2)3/h12-15,18-19,22-23,32H,2,4-11,16-17,20H2,1,3H3. The third-order valence-electron chi connectivity index (χ3n) is 7.13. The van der Waals surface area contributed by atoms with Gasteiger partial charge < -0.3 is 9.84 Å². The molecule has 3 nitrogen and oxygen atoms in total. The van der Waals surface area contributed by atoms with E-state index >= 15 is 4.39 Å². The van der Waals surface area contributed by atoms with E-state index in [4.69, 9.17) is 4.74 Å². The molecule has 184 valence electrons. The Morgan fingerprint density at radius 3 is 2.50 bits per heavy atom. The molecule has 0 aromatic heterocycles. The Kier molecular flexibility index (Phi) is 9.88. The molecule has 4 heteroatoms. The fourth-order valence-electron chi connectivity index (χ4n) is 5.05. The summed E-state index contributed by atoms with van der Waals surface area (Å²) in [5.41, 5.74) is 4.36. The van der Waals surface area contributed by atoms with Gasteiger partial charge in [-0.05, 0) is 85.3 Å². The van der Waals surface area contributed by atoms with Gasteiger partial charge in [-0.3, -0.25) is 0 Å². The maximum Gasteiger partial charge on any atom is 0.333 e. The van der Waals surface area contributed by atoms with Crippen molar-refractivity contribution >= 4 is 5.97 Å². The molecule has 2 aromatic carbocycles. The number of esters is 1. The third kappa shape index (κ3) is 7.02. The predicted molar refractivity (Wildman–Crippen MR) is 136 cm³/mol. The SMILES string of the molecule is C=C(C)C(=O)OCc1cc(-c2ccc(C3CCC(CCCCC)CC3)cc2F)ccc1CCO. The van der Waals surface area contributed by atoms with Gasteiger partial charge in [-0.25, -0.2) is 9.18 Å². The zero-order valence-electron chi connectivity index (χ0n) is 20.7. The monoisotopic (exact) mass is 466 g/mol. The first-order valence-corrected chi connectivity index (χ1v) is 12.8. The van der Waals surface area contributed by atoms with Crippen LogP contribution in [0.2, 0.25) is 0 Å². The summed E-state index contributed by atoms with van der Waals surface area (Å²) in [4.78, 5) is 11.8. The minimum absolute atomic E-state index is 0.00924. The highest BCUT2D eigenvalue weighted by atomic mass is 19.1. The molecule has 1 N–H and O–H groups in total. The average molecular weight is 467 g/mol. The predicted octanol–water partition coefficient (Wildman–Crippen LogP) is 7.50. The first-order valence-electron chi connectivity index (χ1n) is 12.8. The van der Waals surface area contributed by atoms with Gasteiger partial charge in [-0.2, -0.15) is 0 Å². The minimum Gasteiger partial charge on any atom is -0.457 e. The van der Waals surface area contributed by atoms with Gasteiger partial charge in [-0.15, -0.1) is 0 Å². The number of hydrogen-bond donors (Lipinski definition) is 1. The molecule has 0 unspecified atom stereocenters. The fraction of sp³-hybridized carbons (Fsp3) is 0.500. The van der Waals surface area contributed by atoms with Gasteiger partial charge in [0, 0.05) is 17.7 Å². The topological polar surface area (TPSA) is 46.5 Å². The highest BCUT2D eigenvalue weighted by molar-refractivity contribution is 5.86. The summed E-state index contributed by atoms with van der Waals surface area (Å²) in [6.07, 6.45) is 10.5. The maximum atomic E-state index is 15.2. The second kappa shape index (κ2) is 12.9. The third-order valence-corrected chi connectivity index (χ3v) is 7.13. The molecule has 2 aromatic rings. The number of halogens is 1. The number of carbonyl (C=O) groups is 1. The lowest BCUT2D eigenvalue weighted by atomic mass is 9.77. The highest BCUT2D eigenvalue weighted by Crippen LogP contribution is 2.39. The van der Waals surface area contributed by atoms with Crippen LogP contribution in [-0.2, 0) is 22.6 Å². The van der Waals surface area contributed by atoms with Crippen molar-refractivity contribution in [3.05, 3.63) is 71.1 Å². The zero-order chi connectivity index (χ0) is 24.5. The van der Waals surface area contributed by atoms with Gasteiger partial charge in [0.05, 0.1) is 0 Å². The molecule has 0 amide bonds. The number of ether oxygens (including phenoxy) is 1. The van der Waals surface area contributed by atoms with E-state index in [-0.39, 0.29) is 19.0 Å². The Balaban J connectivity index is 1.72. The molecule has 0 bridgehead atoms. The lowest BCUT2D eigenvalue weighted by Crippen LogP contribution is -2.13. The van der Waals surface area contributed by atoms with Crippen molar-refractivity contribution < 1.29 is 19.0 Å². The second-order valence-electron chi connectivity index (χ2n) is 9.77. The smallest absolute Gasteiger partial charge is 0.333 e. The van der Waals surface area contributed by atoms with Crippen LogP contribution in [0.1, 0.15) is 87.8 Å². The average Bonchev–Trinajstić information content (AvgIpc) is 2.84. The molecule has 0 saturated heterocycles. The number of benzene rings is 2. The molecular weight excluding hydrogens is 427 g/mol. The van der Waals surface area contributed by atoms with Crippen molar-refractivity contribution in [2.24, 2.45) is 5.92 Å². The Morgan fingerprint density at radius 2 is 1.85 bits per heavy atom. The van der Waals surface area contributed by atoms with E-state index in [1.54, 1.807) is 13.0 Å². The van der Waals surface area contributed by atoms with Crippen LogP contribution >= 0.6 is 0 Å². The molecular formula is C30H39FO3. The summed E-state index contributed by atoms with van der Waals surface area (Å²) in [7, 11) is 0. The molecule has 0 radical (unpaired) electrons. The van der Waals surface area contributed by atoms with E-state index in [9.17, 15) is 9.90 Å². The van der Waals surface area contributed by atoms with Crippen LogP contribution < -0.4 is 0 Å². The normalized spacial score (nSPS) is 18.0. The van der Waals surface area contributed by atoms with E-state index < -0.39 is 5.97 Å². The van der Waals surface area contributed by atoms with Gasteiger partial charge in [-0.1, -0.05) is 63.5 Å². The van der Waals surface area contributed by atoms with Crippen molar-refractivity contribution in [1.29, 1.82) is 0 Å². The highest BCUT2D eigenvalue weighted by Gasteiger charge is 2.23. The number of aliphatic hydroxyl groups is 1. The Hall–Kier alpha value is -2.46. The van der Waals surface area contributed by atoms with Gasteiger partial charge in [0.25, 0.3) is 0 Å². The first kappa shape index (κ1) is 26.2.